The third-order valence-corrected chi connectivity index (χ3v) is 7.85. The monoisotopic (exact) mass is 478 g/mol. The van der Waals surface area contributed by atoms with Crippen molar-refractivity contribution in [2.75, 3.05) is 7.05 Å². The topological polar surface area (TPSA) is 79.7 Å². The van der Waals surface area contributed by atoms with Crippen molar-refractivity contribution in [1.82, 2.24) is 9.88 Å². The third-order valence-electron chi connectivity index (χ3n) is 6.67. The van der Waals surface area contributed by atoms with E-state index >= 15 is 0 Å². The molecule has 178 valence electrons. The van der Waals surface area contributed by atoms with Crippen molar-refractivity contribution in [1.29, 1.82) is 0 Å². The zero-order chi connectivity index (χ0) is 24.4. The average Bonchev–Trinajstić information content (AvgIpc) is 3.26. The van der Waals surface area contributed by atoms with Crippen LogP contribution in [0.15, 0.2) is 18.2 Å². The number of amides is 1. The molecule has 3 heterocycles. The zero-order valence-corrected chi connectivity index (χ0v) is 21.1. The number of carboxylic acids is 1. The number of thiophene rings is 1. The van der Waals surface area contributed by atoms with Crippen molar-refractivity contribution in [3.63, 3.8) is 0 Å². The fraction of sp³-hybridized carbons (Fsp3) is 0.444. The van der Waals surface area contributed by atoms with Crippen LogP contribution in [-0.4, -0.2) is 39.5 Å². The molecule has 2 aromatic heterocycles. The van der Waals surface area contributed by atoms with E-state index in [-0.39, 0.29) is 5.91 Å². The number of hydrogen-bond donors (Lipinski definition) is 1. The highest BCUT2D eigenvalue weighted by Gasteiger charge is 2.34. The van der Waals surface area contributed by atoms with E-state index in [1.165, 1.54) is 16.9 Å². The van der Waals surface area contributed by atoms with Gasteiger partial charge in [-0.05, 0) is 82.2 Å². The van der Waals surface area contributed by atoms with Gasteiger partial charge >= 0.3 is 5.97 Å². The molecule has 0 spiro atoms. The van der Waals surface area contributed by atoms with Gasteiger partial charge in [0.1, 0.15) is 4.83 Å². The first-order valence-corrected chi connectivity index (χ1v) is 12.6. The van der Waals surface area contributed by atoms with Crippen LogP contribution in [0.25, 0.3) is 21.3 Å². The molecule has 5 rings (SSSR count). The first kappa shape index (κ1) is 23.0. The van der Waals surface area contributed by atoms with Crippen molar-refractivity contribution in [3.8, 4) is 11.1 Å². The van der Waals surface area contributed by atoms with Crippen molar-refractivity contribution in [2.45, 2.75) is 71.6 Å². The lowest BCUT2D eigenvalue weighted by Gasteiger charge is -2.28. The molecule has 6 nitrogen and oxygen atoms in total. The van der Waals surface area contributed by atoms with Gasteiger partial charge in [-0.2, -0.15) is 0 Å². The van der Waals surface area contributed by atoms with Gasteiger partial charge in [0.15, 0.2) is 6.10 Å². The minimum atomic E-state index is -1.15. The van der Waals surface area contributed by atoms with Crippen LogP contribution in [-0.2, 0) is 28.9 Å². The summed E-state index contributed by atoms with van der Waals surface area (Å²) in [6, 6.07) is 5.88. The average molecular weight is 479 g/mol. The number of aryl methyl sites for hydroxylation is 3. The minimum absolute atomic E-state index is 0.0187. The van der Waals surface area contributed by atoms with Crippen LogP contribution in [0.3, 0.4) is 0 Å². The number of ether oxygens (including phenoxy) is 1. The van der Waals surface area contributed by atoms with E-state index in [1.807, 2.05) is 39.8 Å². The number of carboxylic acid groups (broad SMARTS) is 1. The van der Waals surface area contributed by atoms with Crippen molar-refractivity contribution >= 4 is 33.4 Å². The molecular weight excluding hydrogens is 448 g/mol. The molecule has 1 N–H and O–H groups in total. The Labute approximate surface area is 203 Å². The number of aliphatic carboxylic acids is 1. The van der Waals surface area contributed by atoms with E-state index < -0.39 is 17.7 Å². The van der Waals surface area contributed by atoms with Crippen LogP contribution >= 0.6 is 11.3 Å². The molecule has 0 unspecified atom stereocenters. The van der Waals surface area contributed by atoms with E-state index in [9.17, 15) is 14.7 Å². The van der Waals surface area contributed by atoms with E-state index in [0.717, 1.165) is 46.2 Å². The van der Waals surface area contributed by atoms with Crippen LogP contribution in [0.1, 0.15) is 77.3 Å². The fourth-order valence-corrected chi connectivity index (χ4v) is 6.56. The molecule has 1 aromatic carbocycles. The molecule has 7 heteroatoms. The van der Waals surface area contributed by atoms with Crippen molar-refractivity contribution < 1.29 is 19.4 Å². The molecule has 1 aliphatic carbocycles. The van der Waals surface area contributed by atoms with Gasteiger partial charge in [-0.25, -0.2) is 9.78 Å². The first-order chi connectivity index (χ1) is 16.0. The molecule has 1 amide bonds. The zero-order valence-electron chi connectivity index (χ0n) is 20.3. The Morgan fingerprint density at radius 3 is 2.68 bits per heavy atom. The number of nitrogens with zero attached hydrogens (tertiary/aromatic N) is 2. The molecule has 1 aliphatic heterocycles. The molecule has 34 heavy (non-hydrogen) atoms. The largest absolute Gasteiger partial charge is 0.479 e. The molecular formula is C27H30N2O4S. The van der Waals surface area contributed by atoms with Gasteiger partial charge in [0.25, 0.3) is 5.91 Å². The molecule has 2 aliphatic rings. The van der Waals surface area contributed by atoms with Crippen molar-refractivity contribution in [3.05, 3.63) is 51.0 Å². The molecule has 0 saturated carbocycles. The van der Waals surface area contributed by atoms with Gasteiger partial charge in [-0.3, -0.25) is 4.79 Å². The number of pyridine rings is 1. The highest BCUT2D eigenvalue weighted by molar-refractivity contribution is 7.19. The second-order valence-electron chi connectivity index (χ2n) is 10.4. The summed E-state index contributed by atoms with van der Waals surface area (Å²) >= 11 is 1.73. The van der Waals surface area contributed by atoms with Crippen molar-refractivity contribution in [2.24, 2.45) is 0 Å². The van der Waals surface area contributed by atoms with Crippen LogP contribution in [0.5, 0.6) is 0 Å². The summed E-state index contributed by atoms with van der Waals surface area (Å²) in [6.07, 6.45) is 3.14. The summed E-state index contributed by atoms with van der Waals surface area (Å²) in [6.45, 7) is 8.03. The van der Waals surface area contributed by atoms with Gasteiger partial charge in [0.2, 0.25) is 0 Å². The highest BCUT2D eigenvalue weighted by atomic mass is 32.1. The maximum absolute atomic E-state index is 12.5. The second kappa shape index (κ2) is 8.17. The number of fused-ring (bicyclic) bond motifs is 4. The molecule has 0 bridgehead atoms. The minimum Gasteiger partial charge on any atom is -0.479 e. The molecule has 0 fully saturated rings. The fourth-order valence-electron chi connectivity index (χ4n) is 5.24. The maximum atomic E-state index is 12.5. The number of carbonyl (C=O) groups excluding carboxylic acids is 1. The summed E-state index contributed by atoms with van der Waals surface area (Å²) in [7, 11) is 1.80. The Hall–Kier alpha value is -2.77. The Balaban J connectivity index is 1.83. The molecule has 0 saturated heterocycles. The molecule has 1 atom stereocenters. The van der Waals surface area contributed by atoms with Gasteiger partial charge in [0.05, 0.1) is 5.60 Å². The summed E-state index contributed by atoms with van der Waals surface area (Å²) in [5.74, 6) is -1.01. The smallest absolute Gasteiger partial charge is 0.337 e. The Bertz CT molecular complexity index is 1330. The van der Waals surface area contributed by atoms with E-state index in [0.29, 0.717) is 23.4 Å². The van der Waals surface area contributed by atoms with E-state index in [4.69, 9.17) is 9.72 Å². The van der Waals surface area contributed by atoms with Gasteiger partial charge < -0.3 is 14.7 Å². The Morgan fingerprint density at radius 2 is 1.97 bits per heavy atom. The summed E-state index contributed by atoms with van der Waals surface area (Å²) in [5, 5.41) is 11.3. The molecule has 0 radical (unpaired) electrons. The van der Waals surface area contributed by atoms with E-state index in [1.54, 1.807) is 23.3 Å². The quantitative estimate of drug-likeness (QED) is 0.522. The number of aromatic nitrogens is 1. The first-order valence-electron chi connectivity index (χ1n) is 11.8. The third kappa shape index (κ3) is 3.81. The lowest BCUT2D eigenvalue weighted by Crippen LogP contribution is -2.28. The lowest BCUT2D eigenvalue weighted by molar-refractivity contribution is -0.160. The van der Waals surface area contributed by atoms with Crippen LogP contribution in [0, 0.1) is 6.92 Å². The van der Waals surface area contributed by atoms with Gasteiger partial charge in [0, 0.05) is 46.2 Å². The summed E-state index contributed by atoms with van der Waals surface area (Å²) < 4.78 is 6.13. The predicted octanol–water partition coefficient (Wildman–Crippen LogP) is 5.68. The van der Waals surface area contributed by atoms with E-state index in [2.05, 4.69) is 6.07 Å². The number of hydrogen-bond acceptors (Lipinski definition) is 5. The van der Waals surface area contributed by atoms with Crippen LogP contribution in [0.2, 0.25) is 0 Å². The SMILES string of the molecule is Cc1nc2sc3c(c2c(-c2ccc4c(c2)CN(C)C4=O)c1[C@H](OC(C)(C)C)C(=O)O)CCCC3. The standard InChI is InChI=1S/C27H30N2O4S/c1-14-20(23(26(31)32)33-27(2,3)4)21(15-10-11-17-16(12-15)13-29(5)25(17)30)22-18-8-6-7-9-19(18)34-24(22)28-14/h10-12,23H,6-9,13H2,1-5H3,(H,31,32)/t23-/m0/s1. The maximum Gasteiger partial charge on any atom is 0.337 e. The normalized spacial score (nSPS) is 16.6. The summed E-state index contributed by atoms with van der Waals surface area (Å²) in [5.41, 5.74) is 5.41. The number of rotatable bonds is 4. The summed E-state index contributed by atoms with van der Waals surface area (Å²) in [4.78, 5) is 34.0. The Morgan fingerprint density at radius 1 is 1.24 bits per heavy atom. The van der Waals surface area contributed by atoms with Gasteiger partial charge in [-0.15, -0.1) is 11.3 Å². The Kier molecular flexibility index (Phi) is 5.52. The second-order valence-corrected chi connectivity index (χ2v) is 11.4. The lowest BCUT2D eigenvalue weighted by atomic mass is 9.87. The number of benzene rings is 1. The number of carbonyl (C=O) groups is 2. The molecule has 3 aromatic rings. The van der Waals surface area contributed by atoms with Gasteiger partial charge in [-0.1, -0.05) is 6.07 Å². The highest BCUT2D eigenvalue weighted by Crippen LogP contribution is 2.46. The van der Waals surface area contributed by atoms with Crippen LogP contribution in [0.4, 0.5) is 0 Å². The predicted molar refractivity (Wildman–Crippen MR) is 133 cm³/mol. The van der Waals surface area contributed by atoms with Crippen LogP contribution < -0.4 is 0 Å².